The van der Waals surface area contributed by atoms with Gasteiger partial charge in [0.2, 0.25) is 0 Å². The maximum absolute atomic E-state index is 4.71. The normalized spacial score (nSPS) is 14.1. The Hall–Kier alpha value is -2.74. The molecule has 1 aromatic carbocycles. The van der Waals surface area contributed by atoms with Gasteiger partial charge in [0.25, 0.3) is 0 Å². The van der Waals surface area contributed by atoms with Gasteiger partial charge in [-0.2, -0.15) is 0 Å². The minimum absolute atomic E-state index is 0.927. The van der Waals surface area contributed by atoms with Crippen LogP contribution < -0.4 is 0 Å². The van der Waals surface area contributed by atoms with Gasteiger partial charge in [-0.3, -0.25) is 9.98 Å². The quantitative estimate of drug-likeness (QED) is 0.550. The number of benzene rings is 1. The Morgan fingerprint density at radius 1 is 1.00 bits per heavy atom. The molecule has 0 bridgehead atoms. The molecule has 0 amide bonds. The molecular formula is C25H32N2. The Labute approximate surface area is 165 Å². The van der Waals surface area contributed by atoms with E-state index in [2.05, 4.69) is 41.9 Å². The fourth-order valence-corrected chi connectivity index (χ4v) is 2.80. The highest BCUT2D eigenvalue weighted by Gasteiger charge is 2.15. The summed E-state index contributed by atoms with van der Waals surface area (Å²) < 4.78 is 0. The second-order valence-electron chi connectivity index (χ2n) is 5.51. The lowest BCUT2D eigenvalue weighted by Crippen LogP contribution is -2.03. The zero-order valence-corrected chi connectivity index (χ0v) is 17.4. The van der Waals surface area contributed by atoms with Gasteiger partial charge in [-0.15, -0.1) is 0 Å². The number of aromatic nitrogens is 1. The molecule has 1 aromatic heterocycles. The molecule has 0 spiro atoms. The third-order valence-electron chi connectivity index (χ3n) is 4.01. The summed E-state index contributed by atoms with van der Waals surface area (Å²) in [5, 5.41) is 0. The van der Waals surface area contributed by atoms with Gasteiger partial charge < -0.3 is 0 Å². The Bertz CT molecular complexity index is 796. The van der Waals surface area contributed by atoms with Crippen LogP contribution in [0.4, 0.5) is 0 Å². The lowest BCUT2D eigenvalue weighted by molar-refractivity contribution is 0.922. The maximum Gasteiger partial charge on any atom is 0.0664 e. The van der Waals surface area contributed by atoms with E-state index >= 15 is 0 Å². The van der Waals surface area contributed by atoms with Crippen molar-refractivity contribution < 1.29 is 0 Å². The van der Waals surface area contributed by atoms with Crippen molar-refractivity contribution in [1.82, 2.24) is 4.98 Å². The number of fused-ring (bicyclic) bond motifs is 1. The third-order valence-corrected chi connectivity index (χ3v) is 4.01. The highest BCUT2D eigenvalue weighted by molar-refractivity contribution is 6.10. The van der Waals surface area contributed by atoms with Gasteiger partial charge in [-0.1, -0.05) is 82.8 Å². The van der Waals surface area contributed by atoms with E-state index in [9.17, 15) is 0 Å². The van der Waals surface area contributed by atoms with Crippen molar-refractivity contribution in [3.05, 3.63) is 90.3 Å². The van der Waals surface area contributed by atoms with Crippen molar-refractivity contribution in [2.24, 2.45) is 4.99 Å². The second kappa shape index (κ2) is 12.6. The van der Waals surface area contributed by atoms with Crippen LogP contribution in [0.2, 0.25) is 0 Å². The van der Waals surface area contributed by atoms with Crippen molar-refractivity contribution in [2.45, 2.75) is 40.5 Å². The summed E-state index contributed by atoms with van der Waals surface area (Å²) in [6.45, 7) is 11.7. The number of aliphatic imine (C=N–C) groups is 1. The van der Waals surface area contributed by atoms with Crippen LogP contribution >= 0.6 is 0 Å². The number of rotatable bonds is 3. The first kappa shape index (κ1) is 22.3. The third kappa shape index (κ3) is 6.18. The van der Waals surface area contributed by atoms with Crippen molar-refractivity contribution >= 4 is 5.71 Å². The average Bonchev–Trinajstić information content (AvgIpc) is 2.94. The molecule has 3 rings (SSSR count). The smallest absolute Gasteiger partial charge is 0.0664 e. The summed E-state index contributed by atoms with van der Waals surface area (Å²) in [4.78, 5) is 9.19. The highest BCUT2D eigenvalue weighted by atomic mass is 14.7. The van der Waals surface area contributed by atoms with E-state index < -0.39 is 0 Å². The summed E-state index contributed by atoms with van der Waals surface area (Å²) in [7, 11) is 1.84. The minimum Gasteiger partial charge on any atom is -0.288 e. The first-order valence-electron chi connectivity index (χ1n) is 9.83. The van der Waals surface area contributed by atoms with E-state index in [-0.39, 0.29) is 0 Å². The Balaban J connectivity index is 0.000000855. The number of hydrogen-bond donors (Lipinski definition) is 0. The zero-order chi connectivity index (χ0) is 20.1. The molecule has 0 radical (unpaired) electrons. The van der Waals surface area contributed by atoms with E-state index in [1.165, 1.54) is 11.1 Å². The van der Waals surface area contributed by atoms with Crippen LogP contribution in [-0.2, 0) is 6.42 Å². The molecule has 142 valence electrons. The molecule has 2 heteroatoms. The standard InChI is InChI=1S/C21H20N2.2C2H6/c1-3-4-8-16-11-12-20-19(21(13-16)22-2)14-18(15-23-20)17-9-6-5-7-10-17;2*1-2/h3-10,13-15H,1,11-12H2,2H3;2*1-2H3/b8-4-,22-21?;;. The zero-order valence-electron chi connectivity index (χ0n) is 17.4. The molecule has 2 nitrogen and oxygen atoms in total. The van der Waals surface area contributed by atoms with Gasteiger partial charge in [0.1, 0.15) is 0 Å². The van der Waals surface area contributed by atoms with Gasteiger partial charge in [0.05, 0.1) is 11.4 Å². The molecule has 0 saturated heterocycles. The van der Waals surface area contributed by atoms with Crippen molar-refractivity contribution in [2.75, 3.05) is 7.05 Å². The molecule has 1 aliphatic carbocycles. The average molecular weight is 361 g/mol. The van der Waals surface area contributed by atoms with Crippen LogP contribution in [0.5, 0.6) is 0 Å². The SMILES string of the molecule is C=C/C=C\C1=CC(=NC)c2cc(-c3ccccc3)cnc2CC1.CC.CC. The maximum atomic E-state index is 4.71. The Morgan fingerprint density at radius 2 is 1.70 bits per heavy atom. The summed E-state index contributed by atoms with van der Waals surface area (Å²) in [5.41, 5.74) is 6.80. The summed E-state index contributed by atoms with van der Waals surface area (Å²) in [6, 6.07) is 12.5. The molecule has 0 aliphatic heterocycles. The molecule has 1 heterocycles. The Morgan fingerprint density at radius 3 is 2.33 bits per heavy atom. The number of hydrogen-bond acceptors (Lipinski definition) is 2. The molecule has 0 atom stereocenters. The van der Waals surface area contributed by atoms with Gasteiger partial charge in [0, 0.05) is 24.4 Å². The molecule has 27 heavy (non-hydrogen) atoms. The monoisotopic (exact) mass is 360 g/mol. The predicted octanol–water partition coefficient (Wildman–Crippen LogP) is 6.83. The molecule has 0 unspecified atom stereocenters. The van der Waals surface area contributed by atoms with Crippen molar-refractivity contribution in [3.8, 4) is 11.1 Å². The summed E-state index contributed by atoms with van der Waals surface area (Å²) in [5.74, 6) is 0. The van der Waals surface area contributed by atoms with Crippen LogP contribution in [0, 0.1) is 0 Å². The molecule has 0 saturated carbocycles. The summed E-state index contributed by atoms with van der Waals surface area (Å²) in [6.07, 6.45) is 11.9. The number of nitrogens with zero attached hydrogens (tertiary/aromatic N) is 2. The minimum atomic E-state index is 0.927. The van der Waals surface area contributed by atoms with Crippen LogP contribution in [0.25, 0.3) is 11.1 Å². The van der Waals surface area contributed by atoms with Crippen LogP contribution in [0.3, 0.4) is 0 Å². The first-order valence-corrected chi connectivity index (χ1v) is 9.83. The van der Waals surface area contributed by atoms with Gasteiger partial charge in [-0.25, -0.2) is 0 Å². The molecular weight excluding hydrogens is 328 g/mol. The van der Waals surface area contributed by atoms with E-state index in [4.69, 9.17) is 4.98 Å². The van der Waals surface area contributed by atoms with E-state index in [0.29, 0.717) is 0 Å². The number of allylic oxidation sites excluding steroid dienone is 5. The van der Waals surface area contributed by atoms with E-state index in [1.54, 1.807) is 6.08 Å². The number of aryl methyl sites for hydroxylation is 1. The van der Waals surface area contributed by atoms with E-state index in [1.807, 2.05) is 65.2 Å². The molecule has 1 aliphatic rings. The van der Waals surface area contributed by atoms with E-state index in [0.717, 1.165) is 35.4 Å². The van der Waals surface area contributed by atoms with Gasteiger partial charge >= 0.3 is 0 Å². The largest absolute Gasteiger partial charge is 0.288 e. The first-order chi connectivity index (χ1) is 13.3. The van der Waals surface area contributed by atoms with Gasteiger partial charge in [-0.05, 0) is 36.1 Å². The molecule has 2 aromatic rings. The topological polar surface area (TPSA) is 25.2 Å². The van der Waals surface area contributed by atoms with Gasteiger partial charge in [0.15, 0.2) is 0 Å². The lowest BCUT2D eigenvalue weighted by Gasteiger charge is -2.09. The summed E-state index contributed by atoms with van der Waals surface area (Å²) >= 11 is 0. The fourth-order valence-electron chi connectivity index (χ4n) is 2.80. The van der Waals surface area contributed by atoms with Crippen LogP contribution in [0.15, 0.2) is 84.0 Å². The fraction of sp³-hybridized carbons (Fsp3) is 0.280. The van der Waals surface area contributed by atoms with Crippen molar-refractivity contribution in [3.63, 3.8) is 0 Å². The predicted molar refractivity (Wildman–Crippen MR) is 121 cm³/mol. The molecule has 0 fully saturated rings. The highest BCUT2D eigenvalue weighted by Crippen LogP contribution is 2.25. The van der Waals surface area contributed by atoms with Crippen molar-refractivity contribution in [1.29, 1.82) is 0 Å². The van der Waals surface area contributed by atoms with Crippen LogP contribution in [-0.4, -0.2) is 17.7 Å². The number of pyridine rings is 1. The lowest BCUT2D eigenvalue weighted by atomic mass is 10.0. The molecule has 0 N–H and O–H groups in total. The Kier molecular flexibility index (Phi) is 10.4. The van der Waals surface area contributed by atoms with Crippen LogP contribution in [0.1, 0.15) is 45.4 Å². The second-order valence-corrected chi connectivity index (χ2v) is 5.51.